The minimum absolute atomic E-state index is 0.0618. The van der Waals surface area contributed by atoms with Gasteiger partial charge in [0.25, 0.3) is 5.91 Å². The highest BCUT2D eigenvalue weighted by Gasteiger charge is 2.34. The van der Waals surface area contributed by atoms with E-state index in [0.29, 0.717) is 17.0 Å². The number of carbonyl (C=O) groups is 1. The molecule has 1 rings (SSSR count). The van der Waals surface area contributed by atoms with E-state index < -0.39 is 18.6 Å². The first-order chi connectivity index (χ1) is 8.80. The Hall–Kier alpha value is -1.73. The second-order valence-corrected chi connectivity index (χ2v) is 4.15. The van der Waals surface area contributed by atoms with Gasteiger partial charge >= 0.3 is 6.18 Å². The highest BCUT2D eigenvalue weighted by molar-refractivity contribution is 5.97. The predicted octanol–water partition coefficient (Wildman–Crippen LogP) is 1.97. The molecule has 1 heterocycles. The summed E-state index contributed by atoms with van der Waals surface area (Å²) in [6.45, 7) is 2.02. The molecule has 0 fully saturated rings. The number of nitrogens with zero attached hydrogens (tertiary/aromatic N) is 2. The Morgan fingerprint density at radius 1 is 1.42 bits per heavy atom. The van der Waals surface area contributed by atoms with Crippen LogP contribution in [0.4, 0.5) is 18.9 Å². The van der Waals surface area contributed by atoms with Gasteiger partial charge in [0.1, 0.15) is 6.54 Å². The average Bonchev–Trinajstić information content (AvgIpc) is 2.67. The lowest BCUT2D eigenvalue weighted by Gasteiger charge is -2.21. The van der Waals surface area contributed by atoms with Crippen molar-refractivity contribution in [3.63, 3.8) is 0 Å². The smallest absolute Gasteiger partial charge is 0.395 e. The third-order valence-corrected chi connectivity index (χ3v) is 2.62. The Balaban J connectivity index is 2.92. The van der Waals surface area contributed by atoms with Gasteiger partial charge in [-0.25, -0.2) is 0 Å². The van der Waals surface area contributed by atoms with Gasteiger partial charge in [-0.1, -0.05) is 13.3 Å². The Kier molecular flexibility index (Phi) is 4.79. The van der Waals surface area contributed by atoms with Crippen LogP contribution in [0.25, 0.3) is 0 Å². The zero-order valence-electron chi connectivity index (χ0n) is 10.8. The van der Waals surface area contributed by atoms with Crippen molar-refractivity contribution in [1.82, 2.24) is 15.1 Å². The fourth-order valence-electron chi connectivity index (χ4n) is 1.68. The van der Waals surface area contributed by atoms with E-state index in [2.05, 4.69) is 10.2 Å². The van der Waals surface area contributed by atoms with Gasteiger partial charge in [0.05, 0.1) is 11.4 Å². The van der Waals surface area contributed by atoms with Crippen LogP contribution in [0.1, 0.15) is 36.5 Å². The second-order valence-electron chi connectivity index (χ2n) is 4.15. The first-order valence-corrected chi connectivity index (χ1v) is 5.98. The minimum atomic E-state index is -4.44. The topological polar surface area (TPSA) is 75.0 Å². The number of aryl methyl sites for hydroxylation is 1. The van der Waals surface area contributed by atoms with E-state index in [4.69, 9.17) is 5.73 Å². The second kappa shape index (κ2) is 5.94. The maximum Gasteiger partial charge on any atom is 0.406 e. The van der Waals surface area contributed by atoms with Crippen LogP contribution < -0.4 is 5.73 Å². The molecule has 1 aromatic heterocycles. The molecule has 1 amide bonds. The Bertz CT molecular complexity index is 442. The van der Waals surface area contributed by atoms with Crippen molar-refractivity contribution in [3.8, 4) is 0 Å². The number of anilines is 1. The molecule has 0 aliphatic carbocycles. The maximum atomic E-state index is 12.3. The lowest BCUT2D eigenvalue weighted by Crippen LogP contribution is -2.39. The SMILES string of the molecule is CCCc1[nH]nc(C(=O)N(CC)CC(F)(F)F)c1N. The summed E-state index contributed by atoms with van der Waals surface area (Å²) < 4.78 is 37.0. The molecular weight excluding hydrogens is 261 g/mol. The van der Waals surface area contributed by atoms with Crippen molar-refractivity contribution in [2.75, 3.05) is 18.8 Å². The molecule has 0 spiro atoms. The number of H-pyrrole nitrogens is 1. The van der Waals surface area contributed by atoms with Crippen molar-refractivity contribution in [1.29, 1.82) is 0 Å². The molecule has 0 aliphatic rings. The van der Waals surface area contributed by atoms with Gasteiger partial charge in [0.15, 0.2) is 5.69 Å². The lowest BCUT2D eigenvalue weighted by molar-refractivity contribution is -0.140. The highest BCUT2D eigenvalue weighted by atomic mass is 19.4. The zero-order valence-corrected chi connectivity index (χ0v) is 10.8. The van der Waals surface area contributed by atoms with Gasteiger partial charge in [-0.15, -0.1) is 0 Å². The number of aromatic nitrogens is 2. The van der Waals surface area contributed by atoms with Gasteiger partial charge < -0.3 is 10.6 Å². The van der Waals surface area contributed by atoms with Crippen molar-refractivity contribution in [3.05, 3.63) is 11.4 Å². The number of nitrogens with one attached hydrogen (secondary N) is 1. The molecule has 0 radical (unpaired) electrons. The van der Waals surface area contributed by atoms with Crippen LogP contribution in [0.15, 0.2) is 0 Å². The monoisotopic (exact) mass is 278 g/mol. The van der Waals surface area contributed by atoms with E-state index >= 15 is 0 Å². The molecule has 3 N–H and O–H groups in total. The molecule has 0 aromatic carbocycles. The number of carbonyl (C=O) groups excluding carboxylic acids is 1. The van der Waals surface area contributed by atoms with Crippen LogP contribution in [0, 0.1) is 0 Å². The Labute approximate surface area is 109 Å². The first kappa shape index (κ1) is 15.3. The highest BCUT2D eigenvalue weighted by Crippen LogP contribution is 2.21. The number of hydrogen-bond acceptors (Lipinski definition) is 3. The summed E-state index contributed by atoms with van der Waals surface area (Å²) in [5.74, 6) is -0.809. The number of nitrogens with two attached hydrogens (primary N) is 1. The predicted molar refractivity (Wildman–Crippen MR) is 64.6 cm³/mol. The van der Waals surface area contributed by atoms with Crippen LogP contribution in [0.5, 0.6) is 0 Å². The fourth-order valence-corrected chi connectivity index (χ4v) is 1.68. The van der Waals surface area contributed by atoms with Crippen LogP contribution in [0.2, 0.25) is 0 Å². The largest absolute Gasteiger partial charge is 0.406 e. The molecule has 19 heavy (non-hydrogen) atoms. The summed E-state index contributed by atoms with van der Waals surface area (Å²) in [6.07, 6.45) is -3.05. The van der Waals surface area contributed by atoms with E-state index in [1.165, 1.54) is 6.92 Å². The van der Waals surface area contributed by atoms with E-state index in [9.17, 15) is 18.0 Å². The van der Waals surface area contributed by atoms with E-state index in [-0.39, 0.29) is 17.9 Å². The van der Waals surface area contributed by atoms with Crippen molar-refractivity contribution in [2.45, 2.75) is 32.9 Å². The molecule has 0 unspecified atom stereocenters. The quantitative estimate of drug-likeness (QED) is 0.864. The summed E-state index contributed by atoms with van der Waals surface area (Å²) in [5, 5.41) is 6.32. The molecule has 0 saturated heterocycles. The number of alkyl halides is 3. The minimum Gasteiger partial charge on any atom is -0.395 e. The molecule has 0 atom stereocenters. The molecule has 5 nitrogen and oxygen atoms in total. The molecule has 0 aliphatic heterocycles. The number of hydrogen-bond donors (Lipinski definition) is 2. The standard InChI is InChI=1S/C11H17F3N4O/c1-3-5-7-8(15)9(17-16-7)10(19)18(4-2)6-11(12,13)14/h3-6,15H2,1-2H3,(H,16,17). The summed E-state index contributed by atoms with van der Waals surface area (Å²) in [4.78, 5) is 12.6. The van der Waals surface area contributed by atoms with Crippen LogP contribution in [-0.4, -0.2) is 40.3 Å². The fraction of sp³-hybridized carbons (Fsp3) is 0.636. The molecule has 8 heteroatoms. The van der Waals surface area contributed by atoms with E-state index in [1.54, 1.807) is 0 Å². The maximum absolute atomic E-state index is 12.3. The van der Waals surface area contributed by atoms with Gasteiger partial charge in [0.2, 0.25) is 0 Å². The van der Waals surface area contributed by atoms with Crippen LogP contribution in [-0.2, 0) is 6.42 Å². The molecule has 0 bridgehead atoms. The lowest BCUT2D eigenvalue weighted by atomic mass is 10.2. The van der Waals surface area contributed by atoms with Crippen LogP contribution >= 0.6 is 0 Å². The molecule has 108 valence electrons. The third kappa shape index (κ3) is 3.87. The molecule has 1 aromatic rings. The number of halogens is 3. The number of rotatable bonds is 5. The van der Waals surface area contributed by atoms with Crippen LogP contribution in [0.3, 0.4) is 0 Å². The molecule has 0 saturated carbocycles. The Morgan fingerprint density at radius 2 is 2.05 bits per heavy atom. The number of amides is 1. The summed E-state index contributed by atoms with van der Waals surface area (Å²) in [7, 11) is 0. The number of nitrogen functional groups attached to an aromatic ring is 1. The summed E-state index contributed by atoms with van der Waals surface area (Å²) >= 11 is 0. The van der Waals surface area contributed by atoms with Crippen molar-refractivity contribution in [2.24, 2.45) is 0 Å². The van der Waals surface area contributed by atoms with E-state index in [1.807, 2.05) is 6.92 Å². The van der Waals surface area contributed by atoms with Gasteiger partial charge in [-0.05, 0) is 13.3 Å². The first-order valence-electron chi connectivity index (χ1n) is 5.98. The van der Waals surface area contributed by atoms with Gasteiger partial charge in [0, 0.05) is 6.54 Å². The normalized spacial score (nSPS) is 11.6. The summed E-state index contributed by atoms with van der Waals surface area (Å²) in [6, 6.07) is 0. The number of aromatic amines is 1. The molecular formula is C11H17F3N4O. The van der Waals surface area contributed by atoms with Crippen molar-refractivity contribution < 1.29 is 18.0 Å². The summed E-state index contributed by atoms with van der Waals surface area (Å²) in [5.41, 5.74) is 6.29. The van der Waals surface area contributed by atoms with E-state index in [0.717, 1.165) is 6.42 Å². The average molecular weight is 278 g/mol. The Morgan fingerprint density at radius 3 is 2.53 bits per heavy atom. The zero-order chi connectivity index (χ0) is 14.6. The third-order valence-electron chi connectivity index (χ3n) is 2.62. The van der Waals surface area contributed by atoms with Crippen molar-refractivity contribution >= 4 is 11.6 Å². The van der Waals surface area contributed by atoms with Gasteiger partial charge in [-0.3, -0.25) is 9.89 Å². The van der Waals surface area contributed by atoms with Gasteiger partial charge in [-0.2, -0.15) is 18.3 Å².